The van der Waals surface area contributed by atoms with Crippen LogP contribution in [0.1, 0.15) is 15.2 Å². The van der Waals surface area contributed by atoms with Crippen molar-refractivity contribution in [2.75, 3.05) is 5.32 Å². The number of fused-ring (bicyclic) bond motifs is 1. The van der Waals surface area contributed by atoms with Crippen molar-refractivity contribution in [2.45, 2.75) is 6.92 Å². The van der Waals surface area contributed by atoms with Gasteiger partial charge in [0.2, 0.25) is 0 Å². The summed E-state index contributed by atoms with van der Waals surface area (Å²) in [5, 5.41) is 14.0. The zero-order valence-electron chi connectivity index (χ0n) is 11.2. The van der Waals surface area contributed by atoms with Gasteiger partial charge in [-0.2, -0.15) is 0 Å². The Kier molecular flexibility index (Phi) is 3.90. The number of halogens is 2. The monoisotopic (exact) mass is 353 g/mol. The molecule has 0 atom stereocenters. The van der Waals surface area contributed by atoms with Crippen LogP contribution in [-0.2, 0) is 0 Å². The van der Waals surface area contributed by atoms with Crippen LogP contribution in [0.5, 0.6) is 0 Å². The number of rotatable bonds is 3. The van der Waals surface area contributed by atoms with E-state index in [1.807, 2.05) is 0 Å². The summed E-state index contributed by atoms with van der Waals surface area (Å²) in [4.78, 5) is 20.5. The van der Waals surface area contributed by atoms with Gasteiger partial charge in [-0.1, -0.05) is 23.2 Å². The highest BCUT2D eigenvalue weighted by molar-refractivity contribution is 7.20. The van der Waals surface area contributed by atoms with Gasteiger partial charge < -0.3 is 10.4 Å². The molecule has 2 aromatic heterocycles. The number of aromatic nitrogens is 2. The number of carboxylic acids is 1. The second kappa shape index (κ2) is 5.72. The van der Waals surface area contributed by atoms with Gasteiger partial charge >= 0.3 is 5.97 Å². The first-order valence-corrected chi connectivity index (χ1v) is 7.73. The van der Waals surface area contributed by atoms with Crippen molar-refractivity contribution in [1.82, 2.24) is 9.97 Å². The van der Waals surface area contributed by atoms with Gasteiger partial charge in [0, 0.05) is 15.7 Å². The molecule has 2 N–H and O–H groups in total. The van der Waals surface area contributed by atoms with Crippen molar-refractivity contribution in [1.29, 1.82) is 0 Å². The Bertz CT molecular complexity index is 875. The number of hydrogen-bond acceptors (Lipinski definition) is 5. The van der Waals surface area contributed by atoms with Crippen LogP contribution in [0.25, 0.3) is 10.2 Å². The summed E-state index contributed by atoms with van der Waals surface area (Å²) in [6.45, 7) is 1.74. The summed E-state index contributed by atoms with van der Waals surface area (Å²) >= 11 is 13.1. The molecule has 0 unspecified atom stereocenters. The first kappa shape index (κ1) is 15.0. The van der Waals surface area contributed by atoms with Gasteiger partial charge in [-0.15, -0.1) is 11.3 Å². The highest BCUT2D eigenvalue weighted by Crippen LogP contribution is 2.35. The van der Waals surface area contributed by atoms with Crippen LogP contribution in [0.2, 0.25) is 10.0 Å². The lowest BCUT2D eigenvalue weighted by Crippen LogP contribution is -1.97. The predicted octanol–water partition coefficient (Wildman–Crippen LogP) is 4.75. The molecule has 22 heavy (non-hydrogen) atoms. The van der Waals surface area contributed by atoms with Crippen molar-refractivity contribution >= 4 is 62.2 Å². The predicted molar refractivity (Wildman–Crippen MR) is 88.9 cm³/mol. The van der Waals surface area contributed by atoms with Gasteiger partial charge in [0.1, 0.15) is 21.9 Å². The Balaban J connectivity index is 2.12. The largest absolute Gasteiger partial charge is 0.477 e. The lowest BCUT2D eigenvalue weighted by atomic mass is 10.2. The number of carboxylic acid groups (broad SMARTS) is 1. The molecular formula is C14H9Cl2N3O2S. The molecule has 3 aromatic rings. The molecule has 0 aliphatic heterocycles. The number of benzene rings is 1. The Morgan fingerprint density at radius 2 is 1.91 bits per heavy atom. The van der Waals surface area contributed by atoms with Crippen LogP contribution < -0.4 is 5.32 Å². The number of aromatic carboxylic acids is 1. The van der Waals surface area contributed by atoms with Crippen molar-refractivity contribution in [2.24, 2.45) is 0 Å². The zero-order chi connectivity index (χ0) is 15.9. The lowest BCUT2D eigenvalue weighted by Gasteiger charge is -2.08. The average molecular weight is 354 g/mol. The summed E-state index contributed by atoms with van der Waals surface area (Å²) in [6, 6.07) is 5.05. The maximum atomic E-state index is 11.3. The third-order valence-corrected chi connectivity index (χ3v) is 4.67. The molecule has 0 aliphatic carbocycles. The van der Waals surface area contributed by atoms with Crippen LogP contribution in [0.4, 0.5) is 11.5 Å². The van der Waals surface area contributed by atoms with Crippen LogP contribution in [0.3, 0.4) is 0 Å². The molecule has 1 aromatic carbocycles. The summed E-state index contributed by atoms with van der Waals surface area (Å²) in [5.41, 5.74) is 1.30. The van der Waals surface area contributed by atoms with Crippen LogP contribution in [0, 0.1) is 6.92 Å². The fourth-order valence-electron chi connectivity index (χ4n) is 2.13. The fourth-order valence-corrected chi connectivity index (χ4v) is 3.65. The van der Waals surface area contributed by atoms with E-state index >= 15 is 0 Å². The van der Waals surface area contributed by atoms with E-state index < -0.39 is 5.97 Å². The fraction of sp³-hybridized carbons (Fsp3) is 0.0714. The quantitative estimate of drug-likeness (QED) is 0.710. The van der Waals surface area contributed by atoms with Gasteiger partial charge in [0.15, 0.2) is 0 Å². The van der Waals surface area contributed by atoms with E-state index in [2.05, 4.69) is 15.3 Å². The van der Waals surface area contributed by atoms with E-state index in [0.717, 1.165) is 11.3 Å². The zero-order valence-corrected chi connectivity index (χ0v) is 13.6. The Hall–Kier alpha value is -1.89. The molecule has 0 spiro atoms. The van der Waals surface area contributed by atoms with Gasteiger partial charge in [0.25, 0.3) is 0 Å². The number of nitrogens with one attached hydrogen (secondary N) is 1. The third kappa shape index (κ3) is 2.72. The normalized spacial score (nSPS) is 10.9. The number of thiophene rings is 1. The molecule has 3 rings (SSSR count). The van der Waals surface area contributed by atoms with Gasteiger partial charge in [-0.25, -0.2) is 14.8 Å². The minimum absolute atomic E-state index is 0.252. The Morgan fingerprint density at radius 1 is 1.23 bits per heavy atom. The molecule has 8 heteroatoms. The van der Waals surface area contributed by atoms with E-state index in [9.17, 15) is 9.90 Å². The smallest absolute Gasteiger partial charge is 0.346 e. The molecule has 112 valence electrons. The maximum Gasteiger partial charge on any atom is 0.346 e. The average Bonchev–Trinajstić information content (AvgIpc) is 2.76. The number of hydrogen-bond donors (Lipinski definition) is 2. The van der Waals surface area contributed by atoms with Gasteiger partial charge in [0.05, 0.1) is 5.39 Å². The standard InChI is InChI=1S/C14H9Cl2N3O2S/c1-6-10-12(19-9-3-7(15)2-8(16)4-9)17-5-18-13(10)22-11(6)14(20)21/h2-5H,1H3,(H,20,21)(H,17,18,19). The van der Waals surface area contributed by atoms with Crippen molar-refractivity contribution in [3.05, 3.63) is 45.0 Å². The highest BCUT2D eigenvalue weighted by Gasteiger charge is 2.18. The van der Waals surface area contributed by atoms with Gasteiger partial charge in [-0.05, 0) is 30.7 Å². The van der Waals surface area contributed by atoms with E-state index in [1.54, 1.807) is 25.1 Å². The summed E-state index contributed by atoms with van der Waals surface area (Å²) in [7, 11) is 0. The molecular weight excluding hydrogens is 345 g/mol. The Labute approximate surface area is 139 Å². The Morgan fingerprint density at radius 3 is 2.55 bits per heavy atom. The van der Waals surface area contributed by atoms with E-state index in [0.29, 0.717) is 37.3 Å². The molecule has 0 radical (unpaired) electrons. The minimum Gasteiger partial charge on any atom is -0.477 e. The van der Waals surface area contributed by atoms with Crippen molar-refractivity contribution in [3.8, 4) is 0 Å². The second-order valence-corrected chi connectivity index (χ2v) is 6.42. The number of nitrogens with zero attached hydrogens (tertiary/aromatic N) is 2. The maximum absolute atomic E-state index is 11.3. The molecule has 0 fully saturated rings. The minimum atomic E-state index is -0.975. The molecule has 5 nitrogen and oxygen atoms in total. The number of carbonyl (C=O) groups is 1. The first-order valence-electron chi connectivity index (χ1n) is 6.16. The highest BCUT2D eigenvalue weighted by atomic mass is 35.5. The van der Waals surface area contributed by atoms with Crippen molar-refractivity contribution in [3.63, 3.8) is 0 Å². The lowest BCUT2D eigenvalue weighted by molar-refractivity contribution is 0.0701. The van der Waals surface area contributed by atoms with Crippen LogP contribution >= 0.6 is 34.5 Å². The SMILES string of the molecule is Cc1c(C(=O)O)sc2ncnc(Nc3cc(Cl)cc(Cl)c3)c12. The van der Waals surface area contributed by atoms with E-state index in [4.69, 9.17) is 23.2 Å². The van der Waals surface area contributed by atoms with E-state index in [1.165, 1.54) is 6.33 Å². The number of anilines is 2. The molecule has 0 saturated carbocycles. The number of aryl methyl sites for hydroxylation is 1. The van der Waals surface area contributed by atoms with E-state index in [-0.39, 0.29) is 4.88 Å². The molecule has 0 aliphatic rings. The topological polar surface area (TPSA) is 75.1 Å². The summed E-state index contributed by atoms with van der Waals surface area (Å²) in [5.74, 6) is -0.457. The first-order chi connectivity index (χ1) is 10.5. The van der Waals surface area contributed by atoms with Crippen LogP contribution in [0.15, 0.2) is 24.5 Å². The molecule has 0 bridgehead atoms. The second-order valence-electron chi connectivity index (χ2n) is 4.55. The molecule has 0 amide bonds. The van der Waals surface area contributed by atoms with Crippen molar-refractivity contribution < 1.29 is 9.90 Å². The molecule has 2 heterocycles. The van der Waals surface area contributed by atoms with Crippen LogP contribution in [-0.4, -0.2) is 21.0 Å². The molecule has 0 saturated heterocycles. The third-order valence-electron chi connectivity index (χ3n) is 3.05. The summed E-state index contributed by atoms with van der Waals surface area (Å²) in [6.07, 6.45) is 1.39. The van der Waals surface area contributed by atoms with Gasteiger partial charge in [-0.3, -0.25) is 0 Å². The summed E-state index contributed by atoms with van der Waals surface area (Å²) < 4.78 is 0.